The lowest BCUT2D eigenvalue weighted by atomic mass is 10.3. The zero-order valence-electron chi connectivity index (χ0n) is 8.71. The van der Waals surface area contributed by atoms with Gasteiger partial charge in [0, 0.05) is 16.4 Å². The van der Waals surface area contributed by atoms with Crippen LogP contribution >= 0.6 is 22.4 Å². The van der Waals surface area contributed by atoms with Gasteiger partial charge < -0.3 is 0 Å². The van der Waals surface area contributed by atoms with Crippen molar-refractivity contribution in [2.24, 2.45) is 0 Å². The number of aromatic nitrogens is 2. The molecule has 0 bridgehead atoms. The first-order chi connectivity index (χ1) is 8.04. The molecule has 2 rings (SSSR count). The number of nitrogens with zero attached hydrogens (tertiary/aromatic N) is 2. The highest BCUT2D eigenvalue weighted by Gasteiger charge is 2.06. The van der Waals surface area contributed by atoms with E-state index in [2.05, 4.69) is 9.97 Å². The number of rotatable bonds is 4. The van der Waals surface area contributed by atoms with Crippen molar-refractivity contribution in [3.05, 3.63) is 30.5 Å². The molecule has 4 nitrogen and oxygen atoms in total. The van der Waals surface area contributed by atoms with E-state index in [1.807, 2.05) is 24.3 Å². The molecule has 0 fully saturated rings. The van der Waals surface area contributed by atoms with Gasteiger partial charge in [-0.1, -0.05) is 12.1 Å². The van der Waals surface area contributed by atoms with Gasteiger partial charge in [-0.2, -0.15) is 0 Å². The van der Waals surface area contributed by atoms with Crippen molar-refractivity contribution in [3.63, 3.8) is 0 Å². The molecule has 0 saturated carbocycles. The van der Waals surface area contributed by atoms with E-state index in [0.717, 1.165) is 11.0 Å². The number of hydrogen-bond acceptors (Lipinski definition) is 5. The maximum absolute atomic E-state index is 10.7. The third-order valence-electron chi connectivity index (χ3n) is 2.00. The van der Waals surface area contributed by atoms with Crippen molar-refractivity contribution >= 4 is 42.5 Å². The van der Waals surface area contributed by atoms with Gasteiger partial charge in [0.05, 0.1) is 23.0 Å². The van der Waals surface area contributed by atoms with Crippen molar-refractivity contribution in [2.45, 2.75) is 5.03 Å². The second-order valence-electron chi connectivity index (χ2n) is 3.29. The largest absolute Gasteiger partial charge is 0.252 e. The van der Waals surface area contributed by atoms with Gasteiger partial charge in [-0.05, 0) is 12.1 Å². The summed E-state index contributed by atoms with van der Waals surface area (Å²) in [6, 6.07) is 7.52. The molecule has 0 N–H and O–H groups in total. The lowest BCUT2D eigenvalue weighted by Crippen LogP contribution is -2.00. The van der Waals surface area contributed by atoms with Crippen LogP contribution in [0.3, 0.4) is 0 Å². The maximum atomic E-state index is 10.7. The fourth-order valence-electron chi connectivity index (χ4n) is 1.26. The SMILES string of the molecule is O=S(=O)(Cl)CCSc1cnc2ccccc2n1. The van der Waals surface area contributed by atoms with Gasteiger partial charge in [-0.3, -0.25) is 4.98 Å². The van der Waals surface area contributed by atoms with Crippen molar-refractivity contribution in [2.75, 3.05) is 11.5 Å². The van der Waals surface area contributed by atoms with E-state index in [-0.39, 0.29) is 5.75 Å². The van der Waals surface area contributed by atoms with Gasteiger partial charge in [-0.25, -0.2) is 13.4 Å². The highest BCUT2D eigenvalue weighted by molar-refractivity contribution is 8.14. The normalized spacial score (nSPS) is 11.8. The topological polar surface area (TPSA) is 59.9 Å². The van der Waals surface area contributed by atoms with Crippen LogP contribution in [0.15, 0.2) is 35.5 Å². The Balaban J connectivity index is 2.09. The molecule has 0 radical (unpaired) electrons. The molecule has 1 heterocycles. The number of thioether (sulfide) groups is 1. The van der Waals surface area contributed by atoms with E-state index in [1.165, 1.54) is 11.8 Å². The van der Waals surface area contributed by atoms with Crippen molar-refractivity contribution in [1.29, 1.82) is 0 Å². The minimum absolute atomic E-state index is 0.0757. The van der Waals surface area contributed by atoms with E-state index in [1.54, 1.807) is 6.20 Å². The molecule has 0 aliphatic rings. The average molecular weight is 289 g/mol. The third-order valence-corrected chi connectivity index (χ3v) is 4.32. The van der Waals surface area contributed by atoms with Gasteiger partial charge in [0.1, 0.15) is 5.03 Å². The first-order valence-corrected chi connectivity index (χ1v) is 8.28. The number of halogens is 1. The highest BCUT2D eigenvalue weighted by atomic mass is 35.7. The molecule has 0 unspecified atom stereocenters. The van der Waals surface area contributed by atoms with E-state index in [4.69, 9.17) is 10.7 Å². The first-order valence-electron chi connectivity index (χ1n) is 4.81. The van der Waals surface area contributed by atoms with Gasteiger partial charge in [0.15, 0.2) is 0 Å². The van der Waals surface area contributed by atoms with Gasteiger partial charge in [0.25, 0.3) is 0 Å². The Bertz CT molecular complexity index is 631. The Labute approximate surface area is 108 Å². The molecule has 0 amide bonds. The molecular formula is C10H9ClN2O2S2. The lowest BCUT2D eigenvalue weighted by Gasteiger charge is -2.01. The second-order valence-corrected chi connectivity index (χ2v) is 7.30. The predicted octanol–water partition coefficient (Wildman–Crippen LogP) is 2.29. The molecule has 7 heteroatoms. The number of hydrogen-bond donors (Lipinski definition) is 0. The summed E-state index contributed by atoms with van der Waals surface area (Å²) in [5.41, 5.74) is 1.62. The fourth-order valence-corrected chi connectivity index (χ4v) is 3.45. The van der Waals surface area contributed by atoms with Crippen LogP contribution in [0.4, 0.5) is 0 Å². The van der Waals surface area contributed by atoms with Crippen LogP contribution in [0.1, 0.15) is 0 Å². The standard InChI is InChI=1S/C10H9ClN2O2S2/c11-17(14,15)6-5-16-10-7-12-8-3-1-2-4-9(8)13-10/h1-4,7H,5-6H2. The number of fused-ring (bicyclic) bond motifs is 1. The minimum atomic E-state index is -3.43. The van der Waals surface area contributed by atoms with Crippen LogP contribution in [0.25, 0.3) is 11.0 Å². The molecule has 1 aromatic heterocycles. The van der Waals surface area contributed by atoms with Crippen LogP contribution in [0.2, 0.25) is 0 Å². The summed E-state index contributed by atoms with van der Waals surface area (Å²) < 4.78 is 21.5. The Kier molecular flexibility index (Phi) is 3.86. The maximum Gasteiger partial charge on any atom is 0.233 e. The first kappa shape index (κ1) is 12.6. The smallest absolute Gasteiger partial charge is 0.233 e. The monoisotopic (exact) mass is 288 g/mol. The van der Waals surface area contributed by atoms with Gasteiger partial charge in [-0.15, -0.1) is 11.8 Å². The Morgan fingerprint density at radius 2 is 1.94 bits per heavy atom. The molecule has 0 spiro atoms. The summed E-state index contributed by atoms with van der Waals surface area (Å²) in [4.78, 5) is 8.59. The Morgan fingerprint density at radius 1 is 1.24 bits per heavy atom. The van der Waals surface area contributed by atoms with Crippen LogP contribution in [0.5, 0.6) is 0 Å². The molecule has 17 heavy (non-hydrogen) atoms. The summed E-state index contributed by atoms with van der Waals surface area (Å²) in [6.45, 7) is 0. The van der Waals surface area contributed by atoms with E-state index in [0.29, 0.717) is 10.8 Å². The summed E-state index contributed by atoms with van der Waals surface area (Å²) in [5.74, 6) is 0.298. The van der Waals surface area contributed by atoms with Crippen LogP contribution in [-0.4, -0.2) is 29.9 Å². The molecule has 0 aliphatic carbocycles. The average Bonchev–Trinajstić information content (AvgIpc) is 2.27. The fraction of sp³-hybridized carbons (Fsp3) is 0.200. The zero-order valence-corrected chi connectivity index (χ0v) is 11.1. The van der Waals surface area contributed by atoms with Crippen LogP contribution < -0.4 is 0 Å². The second kappa shape index (κ2) is 5.20. The van der Waals surface area contributed by atoms with Crippen molar-refractivity contribution in [3.8, 4) is 0 Å². The number of para-hydroxylation sites is 2. The molecule has 0 saturated heterocycles. The predicted molar refractivity (Wildman–Crippen MR) is 69.9 cm³/mol. The molecule has 1 aromatic carbocycles. The van der Waals surface area contributed by atoms with Gasteiger partial charge in [0.2, 0.25) is 9.05 Å². The highest BCUT2D eigenvalue weighted by Crippen LogP contribution is 2.18. The van der Waals surface area contributed by atoms with E-state index >= 15 is 0 Å². The molecule has 2 aromatic rings. The Morgan fingerprint density at radius 3 is 2.65 bits per heavy atom. The van der Waals surface area contributed by atoms with E-state index < -0.39 is 9.05 Å². The van der Waals surface area contributed by atoms with Crippen molar-refractivity contribution in [1.82, 2.24) is 9.97 Å². The summed E-state index contributed by atoms with van der Waals surface area (Å²) in [7, 11) is 1.68. The molecular weight excluding hydrogens is 280 g/mol. The Hall–Kier alpha value is -0.850. The van der Waals surface area contributed by atoms with Gasteiger partial charge >= 0.3 is 0 Å². The van der Waals surface area contributed by atoms with Crippen LogP contribution in [0, 0.1) is 0 Å². The summed E-state index contributed by atoms with van der Waals surface area (Å²) >= 11 is 1.32. The molecule has 90 valence electrons. The van der Waals surface area contributed by atoms with Crippen LogP contribution in [-0.2, 0) is 9.05 Å². The van der Waals surface area contributed by atoms with Crippen molar-refractivity contribution < 1.29 is 8.42 Å². The zero-order chi connectivity index (χ0) is 12.3. The minimum Gasteiger partial charge on any atom is -0.252 e. The molecule has 0 atom stereocenters. The lowest BCUT2D eigenvalue weighted by molar-refractivity contribution is 0.611. The molecule has 0 aliphatic heterocycles. The summed E-state index contributed by atoms with van der Waals surface area (Å²) in [6.07, 6.45) is 1.63. The third kappa shape index (κ3) is 3.83. The number of benzene rings is 1. The summed E-state index contributed by atoms with van der Waals surface area (Å²) in [5, 5.41) is 0.698. The quantitative estimate of drug-likeness (QED) is 0.638. The van der Waals surface area contributed by atoms with E-state index in [9.17, 15) is 8.42 Å².